The molecule has 1 aromatic carbocycles. The molecule has 3 nitrogen and oxygen atoms in total. The zero-order chi connectivity index (χ0) is 12.3. The van der Waals surface area contributed by atoms with Gasteiger partial charge in [-0.1, -0.05) is 0 Å². The third-order valence-corrected chi connectivity index (χ3v) is 5.63. The van der Waals surface area contributed by atoms with Crippen molar-refractivity contribution in [2.24, 2.45) is 0 Å². The Balaban J connectivity index is 1.93. The van der Waals surface area contributed by atoms with Gasteiger partial charge in [0, 0.05) is 4.90 Å². The van der Waals surface area contributed by atoms with E-state index in [1.807, 2.05) is 24.3 Å². The van der Waals surface area contributed by atoms with Crippen molar-refractivity contribution in [1.82, 2.24) is 0 Å². The van der Waals surface area contributed by atoms with E-state index in [0.717, 1.165) is 17.1 Å². The molecule has 3 atom stereocenters. The number of aliphatic hydroxyl groups is 2. The number of ether oxygens (including phenoxy) is 1. The molecule has 0 aliphatic carbocycles. The minimum atomic E-state index is -0.388. The van der Waals surface area contributed by atoms with Crippen molar-refractivity contribution in [1.29, 1.82) is 0 Å². The Morgan fingerprint density at radius 3 is 2.65 bits per heavy atom. The largest absolute Gasteiger partial charge is 0.497 e. The summed E-state index contributed by atoms with van der Waals surface area (Å²) in [6, 6.07) is 7.90. The van der Waals surface area contributed by atoms with Crippen molar-refractivity contribution in [2.45, 2.75) is 27.3 Å². The maximum Gasteiger partial charge on any atom is 0.118 e. The van der Waals surface area contributed by atoms with Crippen LogP contribution in [0.1, 0.15) is 6.42 Å². The Kier molecular flexibility index (Phi) is 4.62. The van der Waals surface area contributed by atoms with E-state index in [4.69, 9.17) is 9.84 Å². The maximum absolute atomic E-state index is 9.71. The first-order chi connectivity index (χ1) is 8.22. The predicted molar refractivity (Wildman–Crippen MR) is 71.7 cm³/mol. The van der Waals surface area contributed by atoms with Crippen LogP contribution < -0.4 is 4.74 Å². The summed E-state index contributed by atoms with van der Waals surface area (Å²) in [5.41, 5.74) is 0. The van der Waals surface area contributed by atoms with Crippen molar-refractivity contribution in [3.63, 3.8) is 0 Å². The van der Waals surface area contributed by atoms with E-state index in [2.05, 4.69) is 0 Å². The van der Waals surface area contributed by atoms with E-state index in [0.29, 0.717) is 4.58 Å². The van der Waals surface area contributed by atoms with E-state index in [1.165, 1.54) is 0 Å². The van der Waals surface area contributed by atoms with Gasteiger partial charge in [0.15, 0.2) is 0 Å². The lowest BCUT2D eigenvalue weighted by atomic mass is 10.2. The SMILES string of the molecule is COc1ccc(SC2C[C@H](O)[C@@H](CO)S2)cc1. The van der Waals surface area contributed by atoms with Crippen LogP contribution in [0.5, 0.6) is 5.75 Å². The van der Waals surface area contributed by atoms with E-state index in [-0.39, 0.29) is 18.0 Å². The standard InChI is InChI=1S/C12H16O3S2/c1-15-8-2-4-9(5-3-8)16-12-6-10(14)11(7-13)17-12/h2-5,10-14H,6-7H2,1H3/t10-,11+,12?/m0/s1. The van der Waals surface area contributed by atoms with Gasteiger partial charge in [-0.3, -0.25) is 0 Å². The second kappa shape index (κ2) is 6.00. The number of rotatable bonds is 4. The minimum absolute atomic E-state index is 0.0363. The lowest BCUT2D eigenvalue weighted by Gasteiger charge is -2.09. The van der Waals surface area contributed by atoms with Crippen molar-refractivity contribution in [3.8, 4) is 5.75 Å². The highest BCUT2D eigenvalue weighted by atomic mass is 32.2. The number of hydrogen-bond donors (Lipinski definition) is 2. The third-order valence-electron chi connectivity index (χ3n) is 2.70. The molecule has 2 N–H and O–H groups in total. The minimum Gasteiger partial charge on any atom is -0.497 e. The summed E-state index contributed by atoms with van der Waals surface area (Å²) in [7, 11) is 1.65. The molecule has 5 heteroatoms. The highest BCUT2D eigenvalue weighted by molar-refractivity contribution is 8.17. The van der Waals surface area contributed by atoms with Gasteiger partial charge in [0.25, 0.3) is 0 Å². The molecule has 2 rings (SSSR count). The van der Waals surface area contributed by atoms with Crippen molar-refractivity contribution < 1.29 is 14.9 Å². The van der Waals surface area contributed by atoms with Crippen LogP contribution in [0.3, 0.4) is 0 Å². The van der Waals surface area contributed by atoms with Gasteiger partial charge in [0.1, 0.15) is 5.75 Å². The molecule has 1 heterocycles. The first-order valence-electron chi connectivity index (χ1n) is 5.48. The number of methoxy groups -OCH3 is 1. The lowest BCUT2D eigenvalue weighted by molar-refractivity contribution is 0.144. The molecule has 1 aliphatic heterocycles. The van der Waals surface area contributed by atoms with Crippen molar-refractivity contribution in [2.75, 3.05) is 13.7 Å². The Morgan fingerprint density at radius 2 is 2.12 bits per heavy atom. The third kappa shape index (κ3) is 3.31. The van der Waals surface area contributed by atoms with Gasteiger partial charge in [-0.2, -0.15) is 0 Å². The molecular weight excluding hydrogens is 256 g/mol. The molecule has 17 heavy (non-hydrogen) atoms. The lowest BCUT2D eigenvalue weighted by Crippen LogP contribution is -2.20. The topological polar surface area (TPSA) is 49.7 Å². The van der Waals surface area contributed by atoms with Gasteiger partial charge < -0.3 is 14.9 Å². The first kappa shape index (κ1) is 13.1. The van der Waals surface area contributed by atoms with E-state index in [9.17, 15) is 5.11 Å². The second-order valence-electron chi connectivity index (χ2n) is 3.88. The summed E-state index contributed by atoms with van der Waals surface area (Å²) in [6.45, 7) is 0.0471. The fourth-order valence-electron chi connectivity index (χ4n) is 1.74. The Bertz CT molecular complexity index is 355. The maximum atomic E-state index is 9.71. The highest BCUT2D eigenvalue weighted by Crippen LogP contribution is 2.43. The van der Waals surface area contributed by atoms with Crippen LogP contribution in [-0.2, 0) is 0 Å². The summed E-state index contributed by atoms with van der Waals surface area (Å²) >= 11 is 3.38. The number of thioether (sulfide) groups is 2. The first-order valence-corrected chi connectivity index (χ1v) is 7.30. The van der Waals surface area contributed by atoms with Crippen LogP contribution in [-0.4, -0.2) is 39.9 Å². The summed E-state index contributed by atoms with van der Waals surface area (Å²) in [6.07, 6.45) is 0.341. The van der Waals surface area contributed by atoms with Crippen molar-refractivity contribution in [3.05, 3.63) is 24.3 Å². The quantitative estimate of drug-likeness (QED) is 0.877. The molecule has 0 radical (unpaired) electrons. The zero-order valence-corrected chi connectivity index (χ0v) is 11.2. The van der Waals surface area contributed by atoms with E-state index < -0.39 is 0 Å². The second-order valence-corrected chi connectivity index (χ2v) is 6.90. The summed E-state index contributed by atoms with van der Waals surface area (Å²) in [5, 5.41) is 18.8. The van der Waals surface area contributed by atoms with Crippen LogP contribution in [0.4, 0.5) is 0 Å². The van der Waals surface area contributed by atoms with Crippen LogP contribution in [0.15, 0.2) is 29.2 Å². The molecular formula is C12H16O3S2. The van der Waals surface area contributed by atoms with Crippen LogP contribution >= 0.6 is 23.5 Å². The molecule has 0 bridgehead atoms. The van der Waals surface area contributed by atoms with E-state index in [1.54, 1.807) is 30.6 Å². The molecule has 1 aliphatic rings. The normalized spacial score (nSPS) is 28.3. The van der Waals surface area contributed by atoms with Gasteiger partial charge in [-0.15, -0.1) is 23.5 Å². The van der Waals surface area contributed by atoms with Crippen LogP contribution in [0.2, 0.25) is 0 Å². The van der Waals surface area contributed by atoms with Gasteiger partial charge in [0.2, 0.25) is 0 Å². The van der Waals surface area contributed by atoms with Crippen LogP contribution in [0, 0.1) is 0 Å². The molecule has 0 amide bonds. The summed E-state index contributed by atoms with van der Waals surface area (Å²) < 4.78 is 5.42. The van der Waals surface area contributed by atoms with E-state index >= 15 is 0 Å². The predicted octanol–water partition coefficient (Wildman–Crippen LogP) is 1.97. The number of hydrogen-bond acceptors (Lipinski definition) is 5. The summed E-state index contributed by atoms with van der Waals surface area (Å²) in [5.74, 6) is 0.849. The number of aliphatic hydroxyl groups excluding tert-OH is 2. The Labute approximate surface area is 110 Å². The van der Waals surface area contributed by atoms with Gasteiger partial charge in [-0.25, -0.2) is 0 Å². The average Bonchev–Trinajstić information content (AvgIpc) is 2.70. The van der Waals surface area contributed by atoms with Gasteiger partial charge >= 0.3 is 0 Å². The molecule has 1 saturated heterocycles. The highest BCUT2D eigenvalue weighted by Gasteiger charge is 2.33. The van der Waals surface area contributed by atoms with Gasteiger partial charge in [-0.05, 0) is 30.7 Å². The van der Waals surface area contributed by atoms with Crippen LogP contribution in [0.25, 0.3) is 0 Å². The smallest absolute Gasteiger partial charge is 0.118 e. The fourth-order valence-corrected chi connectivity index (χ4v) is 4.69. The van der Waals surface area contributed by atoms with Gasteiger partial charge in [0.05, 0.1) is 29.7 Å². The summed E-state index contributed by atoms with van der Waals surface area (Å²) in [4.78, 5) is 1.16. The average molecular weight is 272 g/mol. The Hall–Kier alpha value is -0.360. The Morgan fingerprint density at radius 1 is 1.41 bits per heavy atom. The van der Waals surface area contributed by atoms with Crippen molar-refractivity contribution >= 4 is 23.5 Å². The molecule has 0 spiro atoms. The molecule has 1 fully saturated rings. The monoisotopic (exact) mass is 272 g/mol. The molecule has 1 unspecified atom stereocenters. The fraction of sp³-hybridized carbons (Fsp3) is 0.500. The molecule has 94 valence electrons. The molecule has 1 aromatic rings. The molecule has 0 saturated carbocycles. The zero-order valence-electron chi connectivity index (χ0n) is 9.57. The molecule has 0 aromatic heterocycles. The number of benzene rings is 1.